The van der Waals surface area contributed by atoms with Gasteiger partial charge in [0.1, 0.15) is 11.5 Å². The number of nitrogens with two attached hydrogens (primary N) is 1. The molecule has 0 spiro atoms. The van der Waals surface area contributed by atoms with Gasteiger partial charge < -0.3 is 20.3 Å². The van der Waals surface area contributed by atoms with E-state index in [1.807, 2.05) is 37.3 Å². The molecule has 134 valence electrons. The van der Waals surface area contributed by atoms with Gasteiger partial charge in [-0.2, -0.15) is 0 Å². The minimum Gasteiger partial charge on any atom is -0.497 e. The number of aliphatic hydroxyl groups is 1. The quantitative estimate of drug-likeness (QED) is 0.561. The van der Waals surface area contributed by atoms with Gasteiger partial charge in [-0.25, -0.2) is 0 Å². The van der Waals surface area contributed by atoms with Crippen molar-refractivity contribution in [2.24, 2.45) is 5.73 Å². The largest absolute Gasteiger partial charge is 0.497 e. The molecule has 2 aromatic rings. The lowest BCUT2D eigenvalue weighted by Gasteiger charge is -2.20. The van der Waals surface area contributed by atoms with Crippen molar-refractivity contribution >= 4 is 11.3 Å². The average molecular weight is 359 g/mol. The van der Waals surface area contributed by atoms with Crippen LogP contribution < -0.4 is 15.2 Å². The van der Waals surface area contributed by atoms with Crippen LogP contribution in [-0.2, 0) is 6.42 Å². The predicted octanol–water partition coefficient (Wildman–Crippen LogP) is 3.22. The number of hydrogen-bond donors (Lipinski definition) is 2. The summed E-state index contributed by atoms with van der Waals surface area (Å²) in [5, 5.41) is 9.19. The van der Waals surface area contributed by atoms with Gasteiger partial charge in [0.15, 0.2) is 0 Å². The molecule has 0 fully saturated rings. The van der Waals surface area contributed by atoms with Crippen molar-refractivity contribution in [3.8, 4) is 23.3 Å². The fourth-order valence-electron chi connectivity index (χ4n) is 2.13. The van der Waals surface area contributed by atoms with Crippen molar-refractivity contribution < 1.29 is 14.6 Å². The van der Waals surface area contributed by atoms with E-state index in [-0.39, 0.29) is 6.61 Å². The standard InChI is InChI=1S/C20H25NO3S/c1-20(21,15-22)12-11-19-10-9-18(25-19)8-3-4-13-24-17-7-5-6-16(14-17)23-2/h5-7,9-10,14,22H,4,11-13,15,21H2,1-2H3. The Hall–Kier alpha value is -2.00. The van der Waals surface area contributed by atoms with Crippen LogP contribution in [0.25, 0.3) is 0 Å². The van der Waals surface area contributed by atoms with E-state index in [1.54, 1.807) is 18.4 Å². The predicted molar refractivity (Wildman–Crippen MR) is 102 cm³/mol. The summed E-state index contributed by atoms with van der Waals surface area (Å²) >= 11 is 1.68. The van der Waals surface area contributed by atoms with Crippen LogP contribution in [0.4, 0.5) is 0 Å². The highest BCUT2D eigenvalue weighted by Gasteiger charge is 2.16. The molecule has 3 N–H and O–H groups in total. The fraction of sp³-hybridized carbons (Fsp3) is 0.400. The van der Waals surface area contributed by atoms with Gasteiger partial charge >= 0.3 is 0 Å². The summed E-state index contributed by atoms with van der Waals surface area (Å²) < 4.78 is 10.8. The van der Waals surface area contributed by atoms with E-state index in [0.717, 1.165) is 29.2 Å². The Morgan fingerprint density at radius 1 is 1.24 bits per heavy atom. The highest BCUT2D eigenvalue weighted by Crippen LogP contribution is 2.20. The van der Waals surface area contributed by atoms with Crippen LogP contribution >= 0.6 is 11.3 Å². The van der Waals surface area contributed by atoms with E-state index in [0.29, 0.717) is 13.0 Å². The Balaban J connectivity index is 1.76. The van der Waals surface area contributed by atoms with Gasteiger partial charge in [-0.05, 0) is 44.0 Å². The maximum Gasteiger partial charge on any atom is 0.123 e. The van der Waals surface area contributed by atoms with Crippen LogP contribution in [0.2, 0.25) is 0 Å². The lowest BCUT2D eigenvalue weighted by Crippen LogP contribution is -2.40. The van der Waals surface area contributed by atoms with Crippen LogP contribution in [0.1, 0.15) is 29.5 Å². The van der Waals surface area contributed by atoms with Crippen molar-refractivity contribution in [2.75, 3.05) is 20.3 Å². The summed E-state index contributed by atoms with van der Waals surface area (Å²) in [7, 11) is 1.64. The van der Waals surface area contributed by atoms with E-state index in [4.69, 9.17) is 15.2 Å². The zero-order valence-electron chi connectivity index (χ0n) is 14.7. The van der Waals surface area contributed by atoms with Gasteiger partial charge in [0, 0.05) is 22.9 Å². The number of ether oxygens (including phenoxy) is 2. The molecule has 0 saturated heterocycles. The van der Waals surface area contributed by atoms with Crippen molar-refractivity contribution in [2.45, 2.75) is 31.7 Å². The Kier molecular flexibility index (Phi) is 7.32. The summed E-state index contributed by atoms with van der Waals surface area (Å²) in [5.41, 5.74) is 5.43. The van der Waals surface area contributed by atoms with E-state index in [1.165, 1.54) is 4.88 Å². The third kappa shape index (κ3) is 6.79. The Morgan fingerprint density at radius 3 is 2.80 bits per heavy atom. The molecule has 1 unspecified atom stereocenters. The molecule has 0 amide bonds. The van der Waals surface area contributed by atoms with Crippen molar-refractivity contribution in [1.82, 2.24) is 0 Å². The normalized spacial score (nSPS) is 12.8. The monoisotopic (exact) mass is 359 g/mol. The van der Waals surface area contributed by atoms with Gasteiger partial charge in [-0.1, -0.05) is 17.9 Å². The molecule has 0 radical (unpaired) electrons. The Morgan fingerprint density at radius 2 is 2.04 bits per heavy atom. The molecule has 2 rings (SSSR count). The van der Waals surface area contributed by atoms with Crippen LogP contribution in [-0.4, -0.2) is 31.0 Å². The lowest BCUT2D eigenvalue weighted by molar-refractivity contribution is 0.201. The maximum atomic E-state index is 9.19. The molecule has 0 aliphatic heterocycles. The van der Waals surface area contributed by atoms with Crippen LogP contribution in [0, 0.1) is 11.8 Å². The van der Waals surface area contributed by atoms with E-state index < -0.39 is 5.54 Å². The third-order valence-corrected chi connectivity index (χ3v) is 4.77. The average Bonchev–Trinajstić information content (AvgIpc) is 3.08. The first-order valence-corrected chi connectivity index (χ1v) is 9.08. The molecule has 1 heterocycles. The highest BCUT2D eigenvalue weighted by molar-refractivity contribution is 7.12. The fourth-order valence-corrected chi connectivity index (χ4v) is 3.01. The topological polar surface area (TPSA) is 64.7 Å². The minimum atomic E-state index is -0.521. The summed E-state index contributed by atoms with van der Waals surface area (Å²) in [6, 6.07) is 11.7. The number of methoxy groups -OCH3 is 1. The number of thiophene rings is 1. The second kappa shape index (κ2) is 9.47. The van der Waals surface area contributed by atoms with Crippen LogP contribution in [0.3, 0.4) is 0 Å². The van der Waals surface area contributed by atoms with Gasteiger partial charge in [0.05, 0.1) is 25.2 Å². The molecular formula is C20H25NO3S. The number of rotatable bonds is 8. The maximum absolute atomic E-state index is 9.19. The smallest absolute Gasteiger partial charge is 0.123 e. The van der Waals surface area contributed by atoms with E-state index in [9.17, 15) is 5.11 Å². The second-order valence-corrected chi connectivity index (χ2v) is 7.33. The van der Waals surface area contributed by atoms with E-state index in [2.05, 4.69) is 17.9 Å². The lowest BCUT2D eigenvalue weighted by atomic mass is 9.98. The first-order chi connectivity index (χ1) is 12.0. The molecule has 0 aliphatic carbocycles. The summed E-state index contributed by atoms with van der Waals surface area (Å²) in [5.74, 6) is 7.87. The Labute approximate surface area is 153 Å². The molecule has 1 aromatic heterocycles. The van der Waals surface area contributed by atoms with Crippen LogP contribution in [0.15, 0.2) is 36.4 Å². The molecule has 0 saturated carbocycles. The van der Waals surface area contributed by atoms with Crippen LogP contribution in [0.5, 0.6) is 11.5 Å². The van der Waals surface area contributed by atoms with Crippen molar-refractivity contribution in [3.05, 3.63) is 46.2 Å². The van der Waals surface area contributed by atoms with Crippen molar-refractivity contribution in [1.29, 1.82) is 0 Å². The first-order valence-electron chi connectivity index (χ1n) is 8.26. The minimum absolute atomic E-state index is 0.00166. The van der Waals surface area contributed by atoms with Gasteiger partial charge in [-0.15, -0.1) is 11.3 Å². The van der Waals surface area contributed by atoms with Gasteiger partial charge in [0.2, 0.25) is 0 Å². The first kappa shape index (κ1) is 19.3. The zero-order valence-corrected chi connectivity index (χ0v) is 15.6. The summed E-state index contributed by atoms with van der Waals surface area (Å²) in [4.78, 5) is 2.28. The number of aryl methyl sites for hydroxylation is 1. The SMILES string of the molecule is COc1cccc(OCCC#Cc2ccc(CCC(C)(N)CO)s2)c1. The molecule has 5 heteroatoms. The molecule has 0 bridgehead atoms. The summed E-state index contributed by atoms with van der Waals surface area (Å²) in [6.07, 6.45) is 2.28. The van der Waals surface area contributed by atoms with Gasteiger partial charge in [0.25, 0.3) is 0 Å². The summed E-state index contributed by atoms with van der Waals surface area (Å²) in [6.45, 7) is 2.41. The molecule has 1 aromatic carbocycles. The van der Waals surface area contributed by atoms with Crippen molar-refractivity contribution in [3.63, 3.8) is 0 Å². The Bertz CT molecular complexity index is 728. The molecule has 4 nitrogen and oxygen atoms in total. The number of hydrogen-bond acceptors (Lipinski definition) is 5. The van der Waals surface area contributed by atoms with E-state index >= 15 is 0 Å². The molecule has 25 heavy (non-hydrogen) atoms. The molecule has 1 atom stereocenters. The second-order valence-electron chi connectivity index (χ2n) is 6.16. The number of benzene rings is 1. The number of aliphatic hydroxyl groups excluding tert-OH is 1. The third-order valence-electron chi connectivity index (χ3n) is 3.71. The highest BCUT2D eigenvalue weighted by atomic mass is 32.1. The molecule has 0 aliphatic rings. The molecular weight excluding hydrogens is 334 g/mol. The van der Waals surface area contributed by atoms with Gasteiger partial charge in [-0.3, -0.25) is 0 Å². The zero-order chi connectivity index (χ0) is 18.1.